The number of carbonyl (C=O) groups is 1. The number of rotatable bonds is 2. The normalized spacial score (nSPS) is 22.0. The first kappa shape index (κ1) is 16.4. The van der Waals surface area contributed by atoms with Gasteiger partial charge >= 0.3 is 0 Å². The van der Waals surface area contributed by atoms with Crippen LogP contribution in [0.25, 0.3) is 0 Å². The summed E-state index contributed by atoms with van der Waals surface area (Å²) in [5.74, 6) is 0.418. The molecule has 6 nitrogen and oxygen atoms in total. The number of nitrogen functional groups attached to an aromatic ring is 1. The average Bonchev–Trinajstić information content (AvgIpc) is 2.92. The Bertz CT molecular complexity index is 833. The monoisotopic (exact) mass is 360 g/mol. The number of nitrogens with two attached hydrogens (primary N) is 1. The van der Waals surface area contributed by atoms with E-state index in [1.54, 1.807) is 0 Å². The SMILES string of the molecule is Nc1nn(C(=O)CC2CCNc3c(Cl)cccc32)c2c1CCC(O)C2. The maximum Gasteiger partial charge on any atom is 0.247 e. The van der Waals surface area contributed by atoms with Gasteiger partial charge in [0.2, 0.25) is 5.91 Å². The van der Waals surface area contributed by atoms with Crippen molar-refractivity contribution in [3.63, 3.8) is 0 Å². The third-order valence-electron chi connectivity index (χ3n) is 5.21. The van der Waals surface area contributed by atoms with Crippen molar-refractivity contribution in [2.45, 2.75) is 44.1 Å². The van der Waals surface area contributed by atoms with Crippen LogP contribution in [0.5, 0.6) is 0 Å². The molecule has 4 rings (SSSR count). The van der Waals surface area contributed by atoms with E-state index >= 15 is 0 Å². The number of aromatic nitrogens is 2. The molecule has 2 aromatic rings. The topological polar surface area (TPSA) is 93.2 Å². The Morgan fingerprint density at radius 1 is 1.44 bits per heavy atom. The molecule has 0 saturated heterocycles. The number of nitrogens with one attached hydrogen (secondary N) is 1. The van der Waals surface area contributed by atoms with Crippen LogP contribution in [0.2, 0.25) is 5.02 Å². The van der Waals surface area contributed by atoms with Crippen molar-refractivity contribution in [2.75, 3.05) is 17.6 Å². The summed E-state index contributed by atoms with van der Waals surface area (Å²) in [6.07, 6.45) is 2.53. The van der Waals surface area contributed by atoms with Gasteiger partial charge in [0.25, 0.3) is 0 Å². The molecule has 2 unspecified atom stereocenters. The van der Waals surface area contributed by atoms with Crippen molar-refractivity contribution in [3.05, 3.63) is 40.0 Å². The maximum absolute atomic E-state index is 12.9. The maximum atomic E-state index is 12.9. The second kappa shape index (κ2) is 6.35. The number of carbonyl (C=O) groups excluding carboxylic acids is 1. The summed E-state index contributed by atoms with van der Waals surface area (Å²) in [6.45, 7) is 0.784. The molecule has 0 fully saturated rings. The van der Waals surface area contributed by atoms with E-state index in [4.69, 9.17) is 17.3 Å². The lowest BCUT2D eigenvalue weighted by Crippen LogP contribution is -2.26. The van der Waals surface area contributed by atoms with Gasteiger partial charge in [-0.05, 0) is 36.8 Å². The molecule has 2 aliphatic rings. The van der Waals surface area contributed by atoms with Gasteiger partial charge in [-0.2, -0.15) is 0 Å². The lowest BCUT2D eigenvalue weighted by Gasteiger charge is -2.27. The summed E-state index contributed by atoms with van der Waals surface area (Å²) in [6, 6.07) is 5.78. The highest BCUT2D eigenvalue weighted by atomic mass is 35.5. The molecule has 0 saturated carbocycles. The fourth-order valence-corrected chi connectivity index (χ4v) is 4.18. The molecule has 2 heterocycles. The Hall–Kier alpha value is -2.05. The van der Waals surface area contributed by atoms with Crippen molar-refractivity contribution >= 4 is 29.0 Å². The zero-order valence-electron chi connectivity index (χ0n) is 13.8. The van der Waals surface area contributed by atoms with E-state index in [1.807, 2.05) is 18.2 Å². The van der Waals surface area contributed by atoms with Gasteiger partial charge in [-0.15, -0.1) is 5.10 Å². The zero-order chi connectivity index (χ0) is 17.6. The molecule has 1 aliphatic heterocycles. The van der Waals surface area contributed by atoms with E-state index in [2.05, 4.69) is 10.4 Å². The van der Waals surface area contributed by atoms with Gasteiger partial charge in [0.1, 0.15) is 5.82 Å². The molecule has 1 aromatic heterocycles. The molecule has 2 atom stereocenters. The number of halogens is 1. The lowest BCUT2D eigenvalue weighted by molar-refractivity contribution is 0.0865. The molecule has 25 heavy (non-hydrogen) atoms. The molecule has 0 spiro atoms. The van der Waals surface area contributed by atoms with Gasteiger partial charge < -0.3 is 16.2 Å². The Balaban J connectivity index is 1.61. The second-order valence-electron chi connectivity index (χ2n) is 6.83. The summed E-state index contributed by atoms with van der Waals surface area (Å²) in [5, 5.41) is 18.2. The van der Waals surface area contributed by atoms with E-state index in [0.717, 1.165) is 35.5 Å². The first-order chi connectivity index (χ1) is 12.0. The molecule has 0 bridgehead atoms. The minimum Gasteiger partial charge on any atom is -0.393 e. The molecular formula is C18H21ClN4O2. The molecule has 7 heteroatoms. The number of fused-ring (bicyclic) bond motifs is 2. The van der Waals surface area contributed by atoms with Crippen LogP contribution in [0.3, 0.4) is 0 Å². The highest BCUT2D eigenvalue weighted by Gasteiger charge is 2.29. The van der Waals surface area contributed by atoms with Crippen LogP contribution in [0.1, 0.15) is 46.8 Å². The highest BCUT2D eigenvalue weighted by Crippen LogP contribution is 2.38. The first-order valence-corrected chi connectivity index (χ1v) is 9.02. The quantitative estimate of drug-likeness (QED) is 0.765. The number of aliphatic hydroxyl groups is 1. The van der Waals surface area contributed by atoms with Crippen LogP contribution in [0, 0.1) is 0 Å². The summed E-state index contributed by atoms with van der Waals surface area (Å²) < 4.78 is 1.42. The van der Waals surface area contributed by atoms with Gasteiger partial charge in [-0.1, -0.05) is 23.7 Å². The molecule has 1 aliphatic carbocycles. The zero-order valence-corrected chi connectivity index (χ0v) is 14.6. The van der Waals surface area contributed by atoms with Crippen molar-refractivity contribution in [3.8, 4) is 0 Å². The van der Waals surface area contributed by atoms with Crippen molar-refractivity contribution < 1.29 is 9.90 Å². The van der Waals surface area contributed by atoms with Crippen molar-refractivity contribution in [2.24, 2.45) is 0 Å². The van der Waals surface area contributed by atoms with E-state index in [9.17, 15) is 9.90 Å². The number of nitrogens with zero attached hydrogens (tertiary/aromatic N) is 2. The van der Waals surface area contributed by atoms with Crippen LogP contribution < -0.4 is 11.1 Å². The Kier molecular flexibility index (Phi) is 4.17. The molecule has 132 valence electrons. The second-order valence-corrected chi connectivity index (χ2v) is 7.24. The van der Waals surface area contributed by atoms with Crippen molar-refractivity contribution in [1.29, 1.82) is 0 Å². The first-order valence-electron chi connectivity index (χ1n) is 8.64. The number of hydrogen-bond donors (Lipinski definition) is 3. The van der Waals surface area contributed by atoms with Gasteiger partial charge in [0, 0.05) is 24.9 Å². The van der Waals surface area contributed by atoms with Gasteiger partial charge in [-0.3, -0.25) is 4.79 Å². The Morgan fingerprint density at radius 2 is 2.28 bits per heavy atom. The van der Waals surface area contributed by atoms with Crippen LogP contribution in [-0.4, -0.2) is 33.4 Å². The van der Waals surface area contributed by atoms with Crippen LogP contribution in [-0.2, 0) is 12.8 Å². The molecule has 1 aromatic carbocycles. The van der Waals surface area contributed by atoms with Crippen molar-refractivity contribution in [1.82, 2.24) is 9.78 Å². The lowest BCUT2D eigenvalue weighted by atomic mass is 9.88. The van der Waals surface area contributed by atoms with Crippen LogP contribution >= 0.6 is 11.6 Å². The highest BCUT2D eigenvalue weighted by molar-refractivity contribution is 6.33. The summed E-state index contributed by atoms with van der Waals surface area (Å²) >= 11 is 6.27. The van der Waals surface area contributed by atoms with E-state index < -0.39 is 6.10 Å². The summed E-state index contributed by atoms with van der Waals surface area (Å²) in [7, 11) is 0. The van der Waals surface area contributed by atoms with Crippen LogP contribution in [0.4, 0.5) is 11.5 Å². The van der Waals surface area contributed by atoms with E-state index in [-0.39, 0.29) is 11.8 Å². The van der Waals surface area contributed by atoms with Gasteiger partial charge in [-0.25, -0.2) is 4.68 Å². The standard InChI is InChI=1S/C18H21ClN4O2/c19-14-3-1-2-12-10(6-7-21-17(12)14)8-16(25)23-15-9-11(24)4-5-13(15)18(20)22-23/h1-3,10-11,21,24H,4-9H2,(H2,20,22). The molecule has 0 radical (unpaired) electrons. The smallest absolute Gasteiger partial charge is 0.247 e. The number of aliphatic hydroxyl groups excluding tert-OH is 1. The third-order valence-corrected chi connectivity index (χ3v) is 5.53. The molecular weight excluding hydrogens is 340 g/mol. The molecule has 0 amide bonds. The number of para-hydroxylation sites is 1. The fourth-order valence-electron chi connectivity index (χ4n) is 3.93. The Morgan fingerprint density at radius 3 is 3.12 bits per heavy atom. The minimum atomic E-state index is -0.437. The number of hydrogen-bond acceptors (Lipinski definition) is 5. The van der Waals surface area contributed by atoms with E-state index in [0.29, 0.717) is 36.5 Å². The third kappa shape index (κ3) is 2.89. The average molecular weight is 361 g/mol. The Labute approximate surface area is 151 Å². The fraction of sp³-hybridized carbons (Fsp3) is 0.444. The predicted octanol–water partition coefficient (Wildman–Crippen LogP) is 2.60. The largest absolute Gasteiger partial charge is 0.393 e. The predicted molar refractivity (Wildman–Crippen MR) is 97.2 cm³/mol. The van der Waals surface area contributed by atoms with E-state index in [1.165, 1.54) is 4.68 Å². The van der Waals surface area contributed by atoms with Gasteiger partial charge in [0.05, 0.1) is 22.5 Å². The number of anilines is 2. The van der Waals surface area contributed by atoms with Gasteiger partial charge in [0.15, 0.2) is 0 Å². The minimum absolute atomic E-state index is 0.0834. The summed E-state index contributed by atoms with van der Waals surface area (Å²) in [5.41, 5.74) is 9.65. The van der Waals surface area contributed by atoms with Crippen LogP contribution in [0.15, 0.2) is 18.2 Å². The summed E-state index contributed by atoms with van der Waals surface area (Å²) in [4.78, 5) is 12.9. The molecule has 4 N–H and O–H groups in total. The number of benzene rings is 1.